The van der Waals surface area contributed by atoms with Crippen LogP contribution >= 0.6 is 0 Å². The fourth-order valence-corrected chi connectivity index (χ4v) is 4.43. The van der Waals surface area contributed by atoms with Crippen molar-refractivity contribution in [2.75, 3.05) is 6.54 Å². The highest BCUT2D eigenvalue weighted by Gasteiger charge is 2.16. The van der Waals surface area contributed by atoms with Gasteiger partial charge in [0.15, 0.2) is 0 Å². The average molecular weight is 417 g/mol. The third-order valence-corrected chi connectivity index (χ3v) is 6.03. The van der Waals surface area contributed by atoms with Crippen LogP contribution in [0.5, 0.6) is 0 Å². The Morgan fingerprint density at radius 3 is 2.59 bits per heavy atom. The highest BCUT2D eigenvalue weighted by molar-refractivity contribution is 6.04. The van der Waals surface area contributed by atoms with Crippen molar-refractivity contribution in [1.82, 2.24) is 0 Å². The van der Waals surface area contributed by atoms with Crippen LogP contribution in [0.25, 0.3) is 34.1 Å². The van der Waals surface area contributed by atoms with Crippen LogP contribution in [-0.4, -0.2) is 12.3 Å². The third kappa shape index (κ3) is 3.76. The minimum absolute atomic E-state index is 0.421. The van der Waals surface area contributed by atoms with Gasteiger partial charge in [0.05, 0.1) is 24.2 Å². The van der Waals surface area contributed by atoms with Crippen LogP contribution in [0.2, 0.25) is 0 Å². The van der Waals surface area contributed by atoms with Crippen LogP contribution in [0.15, 0.2) is 76.5 Å². The number of aliphatic imine (C=N–C) groups is 1. The molecule has 0 amide bonds. The molecule has 0 fully saturated rings. The standard InChI is InChI=1S/C29H24N2O/c1-19(2)29-28-14-20(5-7-23(28)9-11-31-29)3-4-21-13-24-8-6-22(17-30)16-26(24)27(15-21)25-10-12-32-18-25/h3-8,10,12-16,18-19H,9,11H2,1-2H3/b4-3+. The summed E-state index contributed by atoms with van der Waals surface area (Å²) in [6.07, 6.45) is 8.75. The van der Waals surface area contributed by atoms with Crippen LogP contribution in [0.3, 0.4) is 0 Å². The molecule has 1 aliphatic rings. The lowest BCUT2D eigenvalue weighted by Crippen LogP contribution is -2.18. The first kappa shape index (κ1) is 20.0. The van der Waals surface area contributed by atoms with E-state index in [-0.39, 0.29) is 0 Å². The van der Waals surface area contributed by atoms with E-state index in [1.54, 1.807) is 12.5 Å². The van der Waals surface area contributed by atoms with E-state index in [9.17, 15) is 5.26 Å². The van der Waals surface area contributed by atoms with Crippen molar-refractivity contribution in [3.63, 3.8) is 0 Å². The summed E-state index contributed by atoms with van der Waals surface area (Å²) >= 11 is 0. The Morgan fingerprint density at radius 2 is 1.81 bits per heavy atom. The zero-order chi connectivity index (χ0) is 22.1. The van der Waals surface area contributed by atoms with Gasteiger partial charge >= 0.3 is 0 Å². The third-order valence-electron chi connectivity index (χ3n) is 6.03. The maximum Gasteiger partial charge on any atom is 0.0991 e. The molecule has 0 bridgehead atoms. The highest BCUT2D eigenvalue weighted by Crippen LogP contribution is 2.32. The number of nitriles is 1. The molecule has 0 aliphatic carbocycles. The van der Waals surface area contributed by atoms with Gasteiger partial charge in [-0.15, -0.1) is 0 Å². The number of fused-ring (bicyclic) bond motifs is 2. The molecule has 0 unspecified atom stereocenters. The monoisotopic (exact) mass is 416 g/mol. The van der Waals surface area contributed by atoms with Gasteiger partial charge in [-0.05, 0) is 87.3 Å². The summed E-state index contributed by atoms with van der Waals surface area (Å²) in [5, 5.41) is 11.5. The van der Waals surface area contributed by atoms with Gasteiger partial charge in [0.25, 0.3) is 0 Å². The first-order valence-electron chi connectivity index (χ1n) is 11.0. The first-order chi connectivity index (χ1) is 15.6. The molecule has 3 aromatic carbocycles. The van der Waals surface area contributed by atoms with Gasteiger partial charge in [-0.2, -0.15) is 5.26 Å². The Kier molecular flexibility index (Phi) is 5.21. The maximum absolute atomic E-state index is 9.33. The SMILES string of the molecule is CC(C)C1=NCCc2ccc(/C=C/c3cc(-c4ccoc4)c4cc(C#N)ccc4c3)cc21. The lowest BCUT2D eigenvalue weighted by Gasteiger charge is -2.20. The Bertz CT molecular complexity index is 1400. The maximum atomic E-state index is 9.33. The topological polar surface area (TPSA) is 49.3 Å². The summed E-state index contributed by atoms with van der Waals surface area (Å²) in [5.41, 5.74) is 8.89. The van der Waals surface area contributed by atoms with Gasteiger partial charge in [0, 0.05) is 17.8 Å². The molecule has 0 spiro atoms. The van der Waals surface area contributed by atoms with Gasteiger partial charge in [-0.1, -0.05) is 44.2 Å². The number of hydrogen-bond acceptors (Lipinski definition) is 3. The zero-order valence-electron chi connectivity index (χ0n) is 18.3. The van der Waals surface area contributed by atoms with Gasteiger partial charge in [0.2, 0.25) is 0 Å². The Labute approximate surface area is 188 Å². The minimum atomic E-state index is 0.421. The quantitative estimate of drug-likeness (QED) is 0.332. The molecule has 32 heavy (non-hydrogen) atoms. The molecule has 1 aromatic heterocycles. The summed E-state index contributed by atoms with van der Waals surface area (Å²) in [6, 6.07) is 21.0. The van der Waals surface area contributed by atoms with Crippen molar-refractivity contribution in [3.05, 3.63) is 94.9 Å². The van der Waals surface area contributed by atoms with Crippen molar-refractivity contribution in [2.24, 2.45) is 10.9 Å². The second-order valence-corrected chi connectivity index (χ2v) is 8.55. The molecular formula is C29H24N2O. The average Bonchev–Trinajstić information content (AvgIpc) is 3.36. The minimum Gasteiger partial charge on any atom is -0.472 e. The van der Waals surface area contributed by atoms with Crippen molar-refractivity contribution < 1.29 is 4.42 Å². The predicted octanol–water partition coefficient (Wildman–Crippen LogP) is 7.14. The second kappa shape index (κ2) is 8.32. The molecular weight excluding hydrogens is 392 g/mol. The van der Waals surface area contributed by atoms with Crippen molar-refractivity contribution in [1.29, 1.82) is 5.26 Å². The van der Waals surface area contributed by atoms with E-state index in [1.807, 2.05) is 24.3 Å². The van der Waals surface area contributed by atoms with Crippen molar-refractivity contribution in [3.8, 4) is 17.2 Å². The van der Waals surface area contributed by atoms with Gasteiger partial charge in [-0.25, -0.2) is 0 Å². The van der Waals surface area contributed by atoms with E-state index >= 15 is 0 Å². The normalized spacial score (nSPS) is 13.4. The fraction of sp³-hybridized carbons (Fsp3) is 0.172. The Morgan fingerprint density at radius 1 is 0.969 bits per heavy atom. The first-order valence-corrected chi connectivity index (χ1v) is 11.0. The molecule has 3 heteroatoms. The van der Waals surface area contributed by atoms with E-state index in [2.05, 4.69) is 62.4 Å². The van der Waals surface area contributed by atoms with Crippen LogP contribution in [0, 0.1) is 17.2 Å². The highest BCUT2D eigenvalue weighted by atomic mass is 16.3. The number of furan rings is 1. The molecule has 0 saturated carbocycles. The fourth-order valence-electron chi connectivity index (χ4n) is 4.43. The molecule has 5 rings (SSSR count). The molecule has 0 atom stereocenters. The van der Waals surface area contributed by atoms with Crippen LogP contribution < -0.4 is 0 Å². The summed E-state index contributed by atoms with van der Waals surface area (Å²) in [6.45, 7) is 5.30. The van der Waals surface area contributed by atoms with Crippen molar-refractivity contribution in [2.45, 2.75) is 20.3 Å². The summed E-state index contributed by atoms with van der Waals surface area (Å²) in [4.78, 5) is 4.78. The van der Waals surface area contributed by atoms with E-state index in [0.29, 0.717) is 11.5 Å². The Hall–Kier alpha value is -3.90. The molecule has 156 valence electrons. The van der Waals surface area contributed by atoms with Crippen LogP contribution in [0.4, 0.5) is 0 Å². The molecule has 2 heterocycles. The van der Waals surface area contributed by atoms with E-state index in [0.717, 1.165) is 40.4 Å². The lowest BCUT2D eigenvalue weighted by molar-refractivity contribution is 0.568. The Balaban J connectivity index is 1.56. The molecule has 0 saturated heterocycles. The number of benzene rings is 3. The molecule has 3 nitrogen and oxygen atoms in total. The lowest BCUT2D eigenvalue weighted by atomic mass is 9.90. The second-order valence-electron chi connectivity index (χ2n) is 8.55. The molecule has 0 radical (unpaired) electrons. The summed E-state index contributed by atoms with van der Waals surface area (Å²) in [5.74, 6) is 0.421. The molecule has 4 aromatic rings. The van der Waals surface area contributed by atoms with Crippen LogP contribution in [0.1, 0.15) is 41.7 Å². The molecule has 0 N–H and O–H groups in total. The predicted molar refractivity (Wildman–Crippen MR) is 132 cm³/mol. The summed E-state index contributed by atoms with van der Waals surface area (Å²) in [7, 11) is 0. The van der Waals surface area contributed by atoms with Crippen LogP contribution in [-0.2, 0) is 6.42 Å². The van der Waals surface area contributed by atoms with E-state index in [4.69, 9.17) is 9.41 Å². The number of rotatable bonds is 4. The number of hydrogen-bond donors (Lipinski definition) is 0. The number of nitrogens with zero attached hydrogens (tertiary/aromatic N) is 2. The van der Waals surface area contributed by atoms with Gasteiger partial charge < -0.3 is 4.42 Å². The zero-order valence-corrected chi connectivity index (χ0v) is 18.3. The van der Waals surface area contributed by atoms with Crippen molar-refractivity contribution >= 4 is 28.6 Å². The van der Waals surface area contributed by atoms with Gasteiger partial charge in [0.1, 0.15) is 0 Å². The summed E-state index contributed by atoms with van der Waals surface area (Å²) < 4.78 is 5.33. The van der Waals surface area contributed by atoms with E-state index < -0.39 is 0 Å². The largest absolute Gasteiger partial charge is 0.472 e. The smallest absolute Gasteiger partial charge is 0.0991 e. The van der Waals surface area contributed by atoms with Gasteiger partial charge in [-0.3, -0.25) is 4.99 Å². The van der Waals surface area contributed by atoms with E-state index in [1.165, 1.54) is 22.4 Å². The molecule has 1 aliphatic heterocycles.